The second-order valence-electron chi connectivity index (χ2n) is 3.64. The van der Waals surface area contributed by atoms with Crippen molar-refractivity contribution >= 4 is 31.3 Å². The lowest BCUT2D eigenvalue weighted by Gasteiger charge is -2.12. The Kier molecular flexibility index (Phi) is 4.87. The van der Waals surface area contributed by atoms with E-state index < -0.39 is 27.6 Å². The molecule has 0 fully saturated rings. The van der Waals surface area contributed by atoms with E-state index in [1.54, 1.807) is 0 Å². The van der Waals surface area contributed by atoms with Crippen LogP contribution < -0.4 is 10.1 Å². The lowest BCUT2D eigenvalue weighted by molar-refractivity contribution is -0.150. The Morgan fingerprint density at radius 2 is 2.00 bits per heavy atom. The van der Waals surface area contributed by atoms with E-state index in [0.29, 0.717) is 0 Å². The summed E-state index contributed by atoms with van der Waals surface area (Å²) in [5.74, 6) is -1.34. The number of ether oxygens (including phenoxy) is 1. The van der Waals surface area contributed by atoms with Crippen LogP contribution >= 0.6 is 10.7 Å². The molecule has 0 atom stereocenters. The first kappa shape index (κ1) is 16.6. The van der Waals surface area contributed by atoms with Crippen LogP contribution in [0.4, 0.5) is 18.9 Å². The molecule has 0 aliphatic rings. The van der Waals surface area contributed by atoms with Gasteiger partial charge in [0.1, 0.15) is 12.2 Å². The summed E-state index contributed by atoms with van der Waals surface area (Å²) in [5, 5.41) is 1.92. The number of carbonyl (C=O) groups is 1. The number of hydrogen-bond donors (Lipinski definition) is 1. The highest BCUT2D eigenvalue weighted by Crippen LogP contribution is 2.30. The van der Waals surface area contributed by atoms with Gasteiger partial charge in [0.05, 0.1) is 17.7 Å². The molecule has 0 aliphatic carbocycles. The standard InChI is InChI=1S/C10H9ClF3NO4S/c1-19-8-3-2-6(20(11,17)18)4-7(8)15-9(16)5-10(12,13)14/h2-4H,5H2,1H3,(H,15,16). The summed E-state index contributed by atoms with van der Waals surface area (Å²) in [5.41, 5.74) is -0.219. The monoisotopic (exact) mass is 331 g/mol. The van der Waals surface area contributed by atoms with Crippen LogP contribution in [0, 0.1) is 0 Å². The SMILES string of the molecule is COc1ccc(S(=O)(=O)Cl)cc1NC(=O)CC(F)(F)F. The van der Waals surface area contributed by atoms with Gasteiger partial charge in [-0.05, 0) is 18.2 Å². The highest BCUT2D eigenvalue weighted by Gasteiger charge is 2.31. The van der Waals surface area contributed by atoms with E-state index in [1.807, 2.05) is 5.32 Å². The second-order valence-corrected chi connectivity index (χ2v) is 6.21. The number of methoxy groups -OCH3 is 1. The van der Waals surface area contributed by atoms with Gasteiger partial charge in [-0.3, -0.25) is 4.79 Å². The van der Waals surface area contributed by atoms with Crippen molar-refractivity contribution in [3.05, 3.63) is 18.2 Å². The zero-order valence-electron chi connectivity index (χ0n) is 9.99. The summed E-state index contributed by atoms with van der Waals surface area (Å²) in [7, 11) is 2.24. The maximum absolute atomic E-state index is 12.1. The molecule has 0 aliphatic heterocycles. The number of halogens is 4. The van der Waals surface area contributed by atoms with Gasteiger partial charge in [0.25, 0.3) is 9.05 Å². The second kappa shape index (κ2) is 5.88. The first-order chi connectivity index (χ1) is 9.03. The van der Waals surface area contributed by atoms with E-state index in [4.69, 9.17) is 15.4 Å². The van der Waals surface area contributed by atoms with Gasteiger partial charge in [0.2, 0.25) is 5.91 Å². The Morgan fingerprint density at radius 3 is 2.45 bits per heavy atom. The minimum Gasteiger partial charge on any atom is -0.495 e. The number of carbonyl (C=O) groups excluding carboxylic acids is 1. The molecular formula is C10H9ClF3NO4S. The molecule has 1 aromatic rings. The average Bonchev–Trinajstić information content (AvgIpc) is 2.24. The maximum atomic E-state index is 12.1. The van der Waals surface area contributed by atoms with Gasteiger partial charge in [-0.15, -0.1) is 0 Å². The predicted molar refractivity (Wildman–Crippen MR) is 65.3 cm³/mol. The minimum absolute atomic E-state index is 0.00425. The largest absolute Gasteiger partial charge is 0.495 e. The van der Waals surface area contributed by atoms with Crippen molar-refractivity contribution in [1.82, 2.24) is 0 Å². The molecule has 0 saturated carbocycles. The molecule has 0 radical (unpaired) electrons. The molecule has 0 spiro atoms. The molecule has 5 nitrogen and oxygen atoms in total. The molecule has 0 saturated heterocycles. The topological polar surface area (TPSA) is 72.5 Å². The van der Waals surface area contributed by atoms with Crippen LogP contribution in [0.15, 0.2) is 23.1 Å². The molecule has 0 aromatic heterocycles. The number of benzene rings is 1. The van der Waals surface area contributed by atoms with Crippen LogP contribution in [0.25, 0.3) is 0 Å². The number of anilines is 1. The molecule has 1 N–H and O–H groups in total. The molecule has 10 heteroatoms. The van der Waals surface area contributed by atoms with E-state index in [-0.39, 0.29) is 16.3 Å². The van der Waals surface area contributed by atoms with E-state index in [0.717, 1.165) is 12.1 Å². The van der Waals surface area contributed by atoms with Crippen LogP contribution in [-0.4, -0.2) is 27.6 Å². The molecule has 20 heavy (non-hydrogen) atoms. The third-order valence-corrected chi connectivity index (χ3v) is 3.44. The summed E-state index contributed by atoms with van der Waals surface area (Å²) in [4.78, 5) is 10.8. The minimum atomic E-state index is -4.67. The summed E-state index contributed by atoms with van der Waals surface area (Å²) in [6.07, 6.45) is -6.37. The van der Waals surface area contributed by atoms with Crippen molar-refractivity contribution in [3.63, 3.8) is 0 Å². The lowest BCUT2D eigenvalue weighted by atomic mass is 10.2. The predicted octanol–water partition coefficient (Wildman–Crippen LogP) is 2.51. The van der Waals surface area contributed by atoms with Gasteiger partial charge in [-0.25, -0.2) is 8.42 Å². The van der Waals surface area contributed by atoms with Crippen LogP contribution in [0.2, 0.25) is 0 Å². The third kappa shape index (κ3) is 4.89. The summed E-state index contributed by atoms with van der Waals surface area (Å²) in [6, 6.07) is 3.18. The zero-order valence-corrected chi connectivity index (χ0v) is 11.6. The number of alkyl halides is 3. The molecule has 0 bridgehead atoms. The van der Waals surface area contributed by atoms with Gasteiger partial charge >= 0.3 is 6.18 Å². The van der Waals surface area contributed by atoms with E-state index in [2.05, 4.69) is 0 Å². The Hall–Kier alpha value is -1.48. The van der Waals surface area contributed by atoms with Gasteiger partial charge in [0.15, 0.2) is 0 Å². The third-order valence-electron chi connectivity index (χ3n) is 2.09. The smallest absolute Gasteiger partial charge is 0.397 e. The molecule has 1 amide bonds. The Balaban J connectivity index is 3.07. The molecule has 0 heterocycles. The average molecular weight is 332 g/mol. The fourth-order valence-electron chi connectivity index (χ4n) is 1.31. The van der Waals surface area contributed by atoms with Crippen molar-refractivity contribution < 1.29 is 31.1 Å². The normalized spacial score (nSPS) is 12.1. The van der Waals surface area contributed by atoms with Gasteiger partial charge in [0, 0.05) is 10.7 Å². The molecular weight excluding hydrogens is 323 g/mol. The van der Waals surface area contributed by atoms with Gasteiger partial charge in [-0.1, -0.05) is 0 Å². The van der Waals surface area contributed by atoms with Gasteiger partial charge in [-0.2, -0.15) is 13.2 Å². The number of nitrogens with one attached hydrogen (secondary N) is 1. The maximum Gasteiger partial charge on any atom is 0.397 e. The first-order valence-corrected chi connectivity index (χ1v) is 7.33. The number of amides is 1. The van der Waals surface area contributed by atoms with Gasteiger partial charge < -0.3 is 10.1 Å². The van der Waals surface area contributed by atoms with Crippen LogP contribution in [0.1, 0.15) is 6.42 Å². The number of rotatable bonds is 4. The summed E-state index contributed by atoms with van der Waals surface area (Å²) in [6.45, 7) is 0. The molecule has 1 rings (SSSR count). The molecule has 112 valence electrons. The first-order valence-electron chi connectivity index (χ1n) is 5.02. The van der Waals surface area contributed by atoms with E-state index in [9.17, 15) is 26.4 Å². The van der Waals surface area contributed by atoms with Crippen LogP contribution in [0.3, 0.4) is 0 Å². The summed E-state index contributed by atoms with van der Waals surface area (Å²) < 4.78 is 63.2. The highest BCUT2D eigenvalue weighted by molar-refractivity contribution is 8.13. The fraction of sp³-hybridized carbons (Fsp3) is 0.300. The highest BCUT2D eigenvalue weighted by atomic mass is 35.7. The summed E-state index contributed by atoms with van der Waals surface area (Å²) >= 11 is 0. The zero-order chi connectivity index (χ0) is 15.6. The van der Waals surface area contributed by atoms with Crippen molar-refractivity contribution in [2.45, 2.75) is 17.5 Å². The van der Waals surface area contributed by atoms with Crippen LogP contribution in [0.5, 0.6) is 5.75 Å². The van der Waals surface area contributed by atoms with Crippen LogP contribution in [-0.2, 0) is 13.8 Å². The van der Waals surface area contributed by atoms with Crippen molar-refractivity contribution in [2.75, 3.05) is 12.4 Å². The Morgan fingerprint density at radius 1 is 1.40 bits per heavy atom. The van der Waals surface area contributed by atoms with Crippen molar-refractivity contribution in [2.24, 2.45) is 0 Å². The Labute approximate surface area is 117 Å². The fourth-order valence-corrected chi connectivity index (χ4v) is 2.09. The number of hydrogen-bond acceptors (Lipinski definition) is 4. The van der Waals surface area contributed by atoms with E-state index in [1.165, 1.54) is 13.2 Å². The van der Waals surface area contributed by atoms with Crippen molar-refractivity contribution in [1.29, 1.82) is 0 Å². The molecule has 0 unspecified atom stereocenters. The Bertz CT molecular complexity index is 615. The van der Waals surface area contributed by atoms with E-state index >= 15 is 0 Å². The quantitative estimate of drug-likeness (QED) is 0.860. The lowest BCUT2D eigenvalue weighted by Crippen LogP contribution is -2.21. The van der Waals surface area contributed by atoms with Crippen molar-refractivity contribution in [3.8, 4) is 5.75 Å². The molecule has 1 aromatic carbocycles.